The lowest BCUT2D eigenvalue weighted by atomic mass is 10.1. The van der Waals surface area contributed by atoms with Gasteiger partial charge in [-0.05, 0) is 79.2 Å². The van der Waals surface area contributed by atoms with Crippen molar-refractivity contribution in [2.24, 2.45) is 0 Å². The highest BCUT2D eigenvalue weighted by Crippen LogP contribution is 2.27. The number of hydrogen-bond acceptors (Lipinski definition) is 3. The van der Waals surface area contributed by atoms with Crippen LogP contribution < -0.4 is 0 Å². The SMILES string of the molecule is C=C(CC/C=C\C)CN(CCCO)CCC[C@H](C)N1C(C)CCC1C. The minimum absolute atomic E-state index is 0.279. The molecule has 1 aliphatic rings. The zero-order chi connectivity index (χ0) is 18.7. The van der Waals surface area contributed by atoms with E-state index in [4.69, 9.17) is 0 Å². The predicted molar refractivity (Wildman–Crippen MR) is 110 cm³/mol. The molecule has 3 nitrogen and oxygen atoms in total. The van der Waals surface area contributed by atoms with Gasteiger partial charge in [-0.15, -0.1) is 0 Å². The van der Waals surface area contributed by atoms with Crippen LogP contribution in [0.4, 0.5) is 0 Å². The lowest BCUT2D eigenvalue weighted by Gasteiger charge is -2.33. The van der Waals surface area contributed by atoms with E-state index in [0.29, 0.717) is 6.04 Å². The summed E-state index contributed by atoms with van der Waals surface area (Å²) in [7, 11) is 0. The fourth-order valence-corrected chi connectivity index (χ4v) is 4.26. The first-order valence-corrected chi connectivity index (χ1v) is 10.4. The monoisotopic (exact) mass is 350 g/mol. The highest BCUT2D eigenvalue weighted by Gasteiger charge is 2.30. The van der Waals surface area contributed by atoms with Crippen LogP contribution in [0.2, 0.25) is 0 Å². The van der Waals surface area contributed by atoms with Gasteiger partial charge in [0, 0.05) is 37.8 Å². The molecule has 0 bridgehead atoms. The normalized spacial score (nSPS) is 23.0. The summed E-state index contributed by atoms with van der Waals surface area (Å²) in [6.07, 6.45) is 12.5. The first kappa shape index (κ1) is 22.4. The molecule has 1 N–H and O–H groups in total. The zero-order valence-corrected chi connectivity index (χ0v) is 17.2. The lowest BCUT2D eigenvalue weighted by molar-refractivity contribution is 0.141. The van der Waals surface area contributed by atoms with Crippen molar-refractivity contribution in [2.75, 3.05) is 26.2 Å². The third-order valence-electron chi connectivity index (χ3n) is 5.61. The van der Waals surface area contributed by atoms with E-state index >= 15 is 0 Å². The molecular weight excluding hydrogens is 308 g/mol. The van der Waals surface area contributed by atoms with Crippen LogP contribution in [0.15, 0.2) is 24.3 Å². The van der Waals surface area contributed by atoms with Crippen LogP contribution in [-0.4, -0.2) is 59.3 Å². The highest BCUT2D eigenvalue weighted by atomic mass is 16.3. The number of likely N-dealkylation sites (tertiary alicyclic amines) is 1. The average Bonchev–Trinajstić information content (AvgIpc) is 2.91. The summed E-state index contributed by atoms with van der Waals surface area (Å²) in [5, 5.41) is 9.17. The van der Waals surface area contributed by atoms with E-state index in [2.05, 4.69) is 56.2 Å². The topological polar surface area (TPSA) is 26.7 Å². The highest BCUT2D eigenvalue weighted by molar-refractivity contribution is 4.99. The largest absolute Gasteiger partial charge is 0.396 e. The van der Waals surface area contributed by atoms with Crippen LogP contribution in [-0.2, 0) is 0 Å². The second kappa shape index (κ2) is 12.7. The molecule has 0 aromatic rings. The van der Waals surface area contributed by atoms with E-state index in [9.17, 15) is 5.11 Å². The van der Waals surface area contributed by atoms with Gasteiger partial charge in [0.15, 0.2) is 0 Å². The van der Waals surface area contributed by atoms with Crippen LogP contribution in [0.1, 0.15) is 72.6 Å². The van der Waals surface area contributed by atoms with E-state index < -0.39 is 0 Å². The molecule has 0 saturated carbocycles. The summed E-state index contributed by atoms with van der Waals surface area (Å²) in [6.45, 7) is 16.8. The Hall–Kier alpha value is -0.640. The fraction of sp³-hybridized carbons (Fsp3) is 0.818. The molecule has 0 amide bonds. The van der Waals surface area contributed by atoms with Crippen LogP contribution in [0, 0.1) is 0 Å². The van der Waals surface area contributed by atoms with Crippen LogP contribution in [0.25, 0.3) is 0 Å². The minimum atomic E-state index is 0.279. The quantitative estimate of drug-likeness (QED) is 0.491. The average molecular weight is 351 g/mol. The van der Waals surface area contributed by atoms with Crippen LogP contribution in [0.5, 0.6) is 0 Å². The Morgan fingerprint density at radius 3 is 2.48 bits per heavy atom. The van der Waals surface area contributed by atoms with Crippen molar-refractivity contribution in [3.05, 3.63) is 24.3 Å². The van der Waals surface area contributed by atoms with Gasteiger partial charge >= 0.3 is 0 Å². The third-order valence-corrected chi connectivity index (χ3v) is 5.61. The molecule has 1 fully saturated rings. The second-order valence-corrected chi connectivity index (χ2v) is 7.92. The van der Waals surface area contributed by atoms with Gasteiger partial charge in [0.05, 0.1) is 0 Å². The smallest absolute Gasteiger partial charge is 0.0443 e. The first-order chi connectivity index (χ1) is 12.0. The zero-order valence-electron chi connectivity index (χ0n) is 17.2. The molecule has 1 heterocycles. The molecule has 146 valence electrons. The van der Waals surface area contributed by atoms with Crippen molar-refractivity contribution in [1.82, 2.24) is 9.80 Å². The molecule has 25 heavy (non-hydrogen) atoms. The Balaban J connectivity index is 2.37. The number of allylic oxidation sites excluding steroid dienone is 2. The molecular formula is C22H42N2O. The minimum Gasteiger partial charge on any atom is -0.396 e. The summed E-state index contributed by atoms with van der Waals surface area (Å²) in [4.78, 5) is 5.20. The van der Waals surface area contributed by atoms with E-state index in [1.54, 1.807) is 0 Å². The van der Waals surface area contributed by atoms with Gasteiger partial charge in [0.2, 0.25) is 0 Å². The van der Waals surface area contributed by atoms with Crippen molar-refractivity contribution in [1.29, 1.82) is 0 Å². The lowest BCUT2D eigenvalue weighted by Crippen LogP contribution is -2.40. The van der Waals surface area contributed by atoms with Crippen molar-refractivity contribution in [3.8, 4) is 0 Å². The Kier molecular flexibility index (Phi) is 11.4. The maximum Gasteiger partial charge on any atom is 0.0443 e. The summed E-state index contributed by atoms with van der Waals surface area (Å²) in [5.74, 6) is 0. The number of hydrogen-bond donors (Lipinski definition) is 1. The fourth-order valence-electron chi connectivity index (χ4n) is 4.26. The molecule has 1 saturated heterocycles. The Bertz CT molecular complexity index is 383. The molecule has 0 aromatic carbocycles. The Morgan fingerprint density at radius 1 is 1.24 bits per heavy atom. The van der Waals surface area contributed by atoms with Gasteiger partial charge in [-0.25, -0.2) is 0 Å². The third kappa shape index (κ3) is 8.52. The van der Waals surface area contributed by atoms with E-state index in [1.165, 1.54) is 31.3 Å². The van der Waals surface area contributed by atoms with Gasteiger partial charge in [-0.3, -0.25) is 9.80 Å². The molecule has 3 atom stereocenters. The summed E-state index contributed by atoms with van der Waals surface area (Å²) in [6, 6.07) is 2.15. The van der Waals surface area contributed by atoms with Gasteiger partial charge in [0.25, 0.3) is 0 Å². The van der Waals surface area contributed by atoms with E-state index in [-0.39, 0.29) is 6.61 Å². The predicted octanol–water partition coefficient (Wildman–Crippen LogP) is 4.62. The van der Waals surface area contributed by atoms with E-state index in [1.807, 2.05) is 0 Å². The second-order valence-electron chi connectivity index (χ2n) is 7.92. The first-order valence-electron chi connectivity index (χ1n) is 10.4. The van der Waals surface area contributed by atoms with Crippen molar-refractivity contribution in [2.45, 2.75) is 90.8 Å². The molecule has 0 aliphatic carbocycles. The van der Waals surface area contributed by atoms with E-state index in [0.717, 1.165) is 51.0 Å². The van der Waals surface area contributed by atoms with Crippen LogP contribution in [0.3, 0.4) is 0 Å². The Labute approximate surface area is 156 Å². The molecule has 0 aromatic heterocycles. The van der Waals surface area contributed by atoms with Gasteiger partial charge in [-0.2, -0.15) is 0 Å². The van der Waals surface area contributed by atoms with Crippen molar-refractivity contribution >= 4 is 0 Å². The Morgan fingerprint density at radius 2 is 1.88 bits per heavy atom. The summed E-state index contributed by atoms with van der Waals surface area (Å²) in [5.41, 5.74) is 1.31. The van der Waals surface area contributed by atoms with Crippen molar-refractivity contribution < 1.29 is 5.11 Å². The number of rotatable bonds is 13. The molecule has 0 spiro atoms. The molecule has 1 aliphatic heterocycles. The number of aliphatic hydroxyl groups is 1. The maximum atomic E-state index is 9.17. The van der Waals surface area contributed by atoms with Gasteiger partial charge in [0.1, 0.15) is 0 Å². The van der Waals surface area contributed by atoms with Crippen LogP contribution >= 0.6 is 0 Å². The molecule has 2 unspecified atom stereocenters. The summed E-state index contributed by atoms with van der Waals surface area (Å²) < 4.78 is 0. The molecule has 0 radical (unpaired) electrons. The number of aliphatic hydroxyl groups excluding tert-OH is 1. The molecule has 3 heteroatoms. The van der Waals surface area contributed by atoms with Gasteiger partial charge in [-0.1, -0.05) is 24.3 Å². The molecule has 1 rings (SSSR count). The maximum absolute atomic E-state index is 9.17. The van der Waals surface area contributed by atoms with Gasteiger partial charge < -0.3 is 5.11 Å². The number of nitrogens with zero attached hydrogens (tertiary/aromatic N) is 2. The van der Waals surface area contributed by atoms with Crippen molar-refractivity contribution in [3.63, 3.8) is 0 Å². The standard InChI is InChI=1S/C22H42N2O/c1-6-7-8-11-19(2)18-23(16-10-17-25)15-9-12-20(3)24-21(4)13-14-22(24)5/h6-7,20-22,25H,2,8-18H2,1,3-5H3/b7-6-/t20-,21?,22?/m0/s1. The summed E-state index contributed by atoms with van der Waals surface area (Å²) >= 11 is 0.